The lowest BCUT2D eigenvalue weighted by atomic mass is 10.2. The van der Waals surface area contributed by atoms with Crippen LogP contribution in [0.3, 0.4) is 0 Å². The molecule has 0 nitrogen and oxygen atoms in total. The van der Waals surface area contributed by atoms with Crippen LogP contribution in [0, 0.1) is 5.82 Å². The minimum absolute atomic E-state index is 0.197. The molecule has 0 fully saturated rings. The van der Waals surface area contributed by atoms with Crippen LogP contribution in [0.4, 0.5) is 4.39 Å². The summed E-state index contributed by atoms with van der Waals surface area (Å²) < 4.78 is 14.2. The normalized spacial score (nSPS) is 10.6. The van der Waals surface area contributed by atoms with Gasteiger partial charge in [0.1, 0.15) is 14.6 Å². The summed E-state index contributed by atoms with van der Waals surface area (Å²) in [4.78, 5) is 0. The third kappa shape index (κ3) is 2.92. The van der Waals surface area contributed by atoms with Gasteiger partial charge in [-0.15, -0.1) is 0 Å². The van der Waals surface area contributed by atoms with Crippen molar-refractivity contribution in [3.63, 3.8) is 0 Å². The van der Waals surface area contributed by atoms with Gasteiger partial charge in [0.05, 0.1) is 0 Å². The Morgan fingerprint density at radius 2 is 1.14 bits per heavy atom. The van der Waals surface area contributed by atoms with Gasteiger partial charge in [-0.2, -0.15) is 0 Å². The van der Waals surface area contributed by atoms with Gasteiger partial charge >= 0.3 is 0 Å². The van der Waals surface area contributed by atoms with Gasteiger partial charge in [0.25, 0.3) is 0 Å². The van der Waals surface area contributed by atoms with Crippen molar-refractivity contribution >= 4 is 24.4 Å². The lowest BCUT2D eigenvalue weighted by Gasteiger charge is -2.20. The maximum atomic E-state index is 14.2. The van der Waals surface area contributed by atoms with Crippen molar-refractivity contribution in [2.75, 3.05) is 0 Å². The number of halogens is 1. The third-order valence-corrected chi connectivity index (χ3v) is 6.95. The lowest BCUT2D eigenvalue weighted by molar-refractivity contribution is 0.624. The minimum atomic E-state index is -1.73. The van der Waals surface area contributed by atoms with E-state index in [0.29, 0.717) is 5.56 Å². The van der Waals surface area contributed by atoms with Crippen molar-refractivity contribution in [1.29, 1.82) is 0 Å². The standard InChI is InChI=1S/C20H17FSi/c1-16(19-14-8-9-15-20(19)21)22(17-10-4-2-5-11-17)18-12-6-3-7-13-18/h2-15,22H,1H2. The summed E-state index contributed by atoms with van der Waals surface area (Å²) >= 11 is 0. The van der Waals surface area contributed by atoms with Crippen molar-refractivity contribution in [1.82, 2.24) is 0 Å². The summed E-state index contributed by atoms with van der Waals surface area (Å²) in [6.45, 7) is 4.26. The summed E-state index contributed by atoms with van der Waals surface area (Å²) in [7, 11) is -1.73. The Labute approximate surface area is 132 Å². The van der Waals surface area contributed by atoms with Crippen molar-refractivity contribution < 1.29 is 4.39 Å². The summed E-state index contributed by atoms with van der Waals surface area (Å²) in [5, 5.41) is 3.42. The van der Waals surface area contributed by atoms with Crippen molar-refractivity contribution in [3.8, 4) is 0 Å². The number of hydrogen-bond acceptors (Lipinski definition) is 0. The Balaban J connectivity index is 2.11. The number of rotatable bonds is 4. The van der Waals surface area contributed by atoms with E-state index in [1.165, 1.54) is 16.4 Å². The van der Waals surface area contributed by atoms with E-state index in [2.05, 4.69) is 30.8 Å². The SMILES string of the molecule is C=C(c1ccccc1F)[SiH](c1ccccc1)c1ccccc1. The summed E-state index contributed by atoms with van der Waals surface area (Å²) in [5.74, 6) is -0.197. The Bertz CT molecular complexity index is 726. The molecule has 0 aliphatic carbocycles. The fourth-order valence-corrected chi connectivity index (χ4v) is 5.71. The molecule has 0 bridgehead atoms. The Kier molecular flexibility index (Phi) is 4.31. The van der Waals surface area contributed by atoms with Gasteiger partial charge in [0, 0.05) is 5.56 Å². The average Bonchev–Trinajstić information content (AvgIpc) is 2.57. The molecule has 0 saturated carbocycles. The number of benzene rings is 3. The Morgan fingerprint density at radius 3 is 1.64 bits per heavy atom. The summed E-state index contributed by atoms with van der Waals surface area (Å²) in [6, 6.07) is 27.5. The van der Waals surface area contributed by atoms with E-state index in [4.69, 9.17) is 0 Å². The topological polar surface area (TPSA) is 0 Å². The van der Waals surface area contributed by atoms with Gasteiger partial charge in [-0.1, -0.05) is 95.8 Å². The first-order valence-electron chi connectivity index (χ1n) is 7.31. The van der Waals surface area contributed by atoms with Crippen LogP contribution in [0.25, 0.3) is 5.20 Å². The van der Waals surface area contributed by atoms with E-state index in [0.717, 1.165) is 5.20 Å². The van der Waals surface area contributed by atoms with E-state index < -0.39 is 8.80 Å². The molecule has 0 N–H and O–H groups in total. The van der Waals surface area contributed by atoms with Crippen LogP contribution in [0.5, 0.6) is 0 Å². The van der Waals surface area contributed by atoms with Crippen LogP contribution in [0.1, 0.15) is 5.56 Å². The predicted octanol–water partition coefficient (Wildman–Crippen LogP) is 3.42. The van der Waals surface area contributed by atoms with Gasteiger partial charge < -0.3 is 0 Å². The van der Waals surface area contributed by atoms with Gasteiger partial charge in [-0.25, -0.2) is 4.39 Å². The van der Waals surface area contributed by atoms with E-state index in [1.54, 1.807) is 6.07 Å². The fourth-order valence-electron chi connectivity index (χ4n) is 2.76. The molecule has 0 spiro atoms. The highest BCUT2D eigenvalue weighted by Gasteiger charge is 2.22. The quantitative estimate of drug-likeness (QED) is 0.648. The molecule has 0 saturated heterocycles. The van der Waals surface area contributed by atoms with E-state index >= 15 is 0 Å². The minimum Gasteiger partial charge on any atom is -0.206 e. The maximum Gasteiger partial charge on any atom is 0.133 e. The largest absolute Gasteiger partial charge is 0.206 e. The van der Waals surface area contributed by atoms with E-state index in [1.807, 2.05) is 48.5 Å². The molecule has 0 aromatic heterocycles. The summed E-state index contributed by atoms with van der Waals surface area (Å²) in [5.41, 5.74) is 0.631. The van der Waals surface area contributed by atoms with Crippen LogP contribution < -0.4 is 10.4 Å². The second-order valence-corrected chi connectivity index (χ2v) is 8.16. The second kappa shape index (κ2) is 6.54. The second-order valence-electron chi connectivity index (χ2n) is 5.26. The molecule has 0 amide bonds. The zero-order chi connectivity index (χ0) is 15.4. The van der Waals surface area contributed by atoms with Crippen LogP contribution in [-0.2, 0) is 0 Å². The highest BCUT2D eigenvalue weighted by Crippen LogP contribution is 2.19. The predicted molar refractivity (Wildman–Crippen MR) is 94.7 cm³/mol. The molecule has 0 unspecified atom stereocenters. The molecule has 0 aliphatic rings. The smallest absolute Gasteiger partial charge is 0.133 e. The molecule has 0 heterocycles. The molecule has 22 heavy (non-hydrogen) atoms. The van der Waals surface area contributed by atoms with E-state index in [-0.39, 0.29) is 5.82 Å². The number of hydrogen-bond donors (Lipinski definition) is 0. The molecular formula is C20H17FSi. The molecule has 0 radical (unpaired) electrons. The van der Waals surface area contributed by atoms with Crippen LogP contribution >= 0.6 is 0 Å². The van der Waals surface area contributed by atoms with Gasteiger partial charge in [-0.3, -0.25) is 0 Å². The zero-order valence-corrected chi connectivity index (χ0v) is 13.4. The molecule has 108 valence electrons. The molecule has 0 atom stereocenters. The van der Waals surface area contributed by atoms with E-state index in [9.17, 15) is 4.39 Å². The summed E-state index contributed by atoms with van der Waals surface area (Å²) in [6.07, 6.45) is 0. The van der Waals surface area contributed by atoms with Crippen LogP contribution in [-0.4, -0.2) is 8.80 Å². The fraction of sp³-hybridized carbons (Fsp3) is 0. The van der Waals surface area contributed by atoms with Gasteiger partial charge in [0.2, 0.25) is 0 Å². The van der Waals surface area contributed by atoms with Crippen LogP contribution in [0.15, 0.2) is 91.5 Å². The molecule has 3 aromatic carbocycles. The van der Waals surface area contributed by atoms with Gasteiger partial charge in [0.15, 0.2) is 0 Å². The third-order valence-electron chi connectivity index (χ3n) is 3.83. The highest BCUT2D eigenvalue weighted by atomic mass is 28.3. The van der Waals surface area contributed by atoms with Crippen molar-refractivity contribution in [2.24, 2.45) is 0 Å². The average molecular weight is 304 g/mol. The molecule has 3 rings (SSSR count). The first-order valence-corrected chi connectivity index (χ1v) is 9.04. The lowest BCUT2D eigenvalue weighted by Crippen LogP contribution is -2.43. The van der Waals surface area contributed by atoms with Gasteiger partial charge in [-0.05, 0) is 11.3 Å². The zero-order valence-electron chi connectivity index (χ0n) is 12.2. The molecule has 2 heteroatoms. The van der Waals surface area contributed by atoms with Crippen molar-refractivity contribution in [2.45, 2.75) is 0 Å². The molecular weight excluding hydrogens is 287 g/mol. The Hall–Kier alpha value is -2.45. The molecule has 3 aromatic rings. The first-order chi connectivity index (χ1) is 10.8. The van der Waals surface area contributed by atoms with Crippen molar-refractivity contribution in [3.05, 3.63) is 103 Å². The van der Waals surface area contributed by atoms with Crippen LogP contribution in [0.2, 0.25) is 0 Å². The molecule has 0 aliphatic heterocycles. The first kappa shape index (κ1) is 14.5. The monoisotopic (exact) mass is 304 g/mol. The Morgan fingerprint density at radius 1 is 0.682 bits per heavy atom. The maximum absolute atomic E-state index is 14.2. The highest BCUT2D eigenvalue weighted by molar-refractivity contribution is 6.99.